The molecular weight excluding hydrogens is 350 g/mol. The lowest BCUT2D eigenvalue weighted by atomic mass is 10.2. The zero-order valence-electron chi connectivity index (χ0n) is 17.5. The van der Waals surface area contributed by atoms with Crippen molar-refractivity contribution in [3.63, 3.8) is 0 Å². The SMILES string of the molecule is Cc1ccc(NC(=O)/C=C/c2ccncc2)cc1OCCN(C(C)C)C(C)C. The molecule has 1 aromatic heterocycles. The van der Waals surface area contributed by atoms with Crippen LogP contribution in [0.1, 0.15) is 38.8 Å². The first kappa shape index (κ1) is 21.6. The number of carbonyl (C=O) groups excluding carboxylic acids is 1. The molecule has 5 nitrogen and oxygen atoms in total. The van der Waals surface area contributed by atoms with Crippen molar-refractivity contribution in [3.8, 4) is 5.75 Å². The fraction of sp³-hybridized carbons (Fsp3) is 0.391. The number of carbonyl (C=O) groups is 1. The molecule has 2 rings (SSSR count). The van der Waals surface area contributed by atoms with Crippen molar-refractivity contribution in [1.82, 2.24) is 9.88 Å². The number of nitrogens with zero attached hydrogens (tertiary/aromatic N) is 2. The smallest absolute Gasteiger partial charge is 0.248 e. The van der Waals surface area contributed by atoms with E-state index in [1.165, 1.54) is 6.08 Å². The van der Waals surface area contributed by atoms with Gasteiger partial charge in [0.1, 0.15) is 12.4 Å². The normalized spacial score (nSPS) is 11.6. The lowest BCUT2D eigenvalue weighted by Gasteiger charge is -2.30. The van der Waals surface area contributed by atoms with Crippen molar-refractivity contribution in [2.24, 2.45) is 0 Å². The van der Waals surface area contributed by atoms with Crippen LogP contribution in [0, 0.1) is 6.92 Å². The minimum absolute atomic E-state index is 0.183. The largest absolute Gasteiger partial charge is 0.492 e. The molecule has 0 atom stereocenters. The van der Waals surface area contributed by atoms with E-state index in [4.69, 9.17) is 4.74 Å². The first-order chi connectivity index (χ1) is 13.4. The van der Waals surface area contributed by atoms with Crippen molar-refractivity contribution in [2.45, 2.75) is 46.7 Å². The maximum Gasteiger partial charge on any atom is 0.248 e. The number of aromatic nitrogens is 1. The third kappa shape index (κ3) is 6.82. The quantitative estimate of drug-likeness (QED) is 0.648. The van der Waals surface area contributed by atoms with E-state index in [9.17, 15) is 4.79 Å². The van der Waals surface area contributed by atoms with Gasteiger partial charge in [0.25, 0.3) is 0 Å². The zero-order valence-corrected chi connectivity index (χ0v) is 17.5. The minimum Gasteiger partial charge on any atom is -0.492 e. The second kappa shape index (κ2) is 10.6. The van der Waals surface area contributed by atoms with Gasteiger partial charge in [0, 0.05) is 48.9 Å². The number of rotatable bonds is 9. The number of amides is 1. The van der Waals surface area contributed by atoms with Gasteiger partial charge in [-0.2, -0.15) is 0 Å². The summed E-state index contributed by atoms with van der Waals surface area (Å²) in [6, 6.07) is 10.4. The number of ether oxygens (including phenoxy) is 1. The molecule has 0 aliphatic carbocycles. The van der Waals surface area contributed by atoms with Gasteiger partial charge in [-0.15, -0.1) is 0 Å². The second-order valence-electron chi connectivity index (χ2n) is 7.36. The average Bonchev–Trinajstić information content (AvgIpc) is 2.66. The second-order valence-corrected chi connectivity index (χ2v) is 7.36. The Morgan fingerprint density at radius 1 is 1.14 bits per heavy atom. The predicted octanol–water partition coefficient (Wildman–Crippen LogP) is 4.54. The molecule has 0 fully saturated rings. The topological polar surface area (TPSA) is 54.5 Å². The van der Waals surface area contributed by atoms with Gasteiger partial charge in [0.15, 0.2) is 0 Å². The molecule has 0 saturated carbocycles. The standard InChI is InChI=1S/C23H31N3O2/c1-17(2)26(18(3)4)14-15-28-22-16-21(8-6-19(22)5)25-23(27)9-7-20-10-12-24-13-11-20/h6-13,16-18H,14-15H2,1-5H3,(H,25,27)/b9-7+. The third-order valence-corrected chi connectivity index (χ3v) is 4.52. The Kier molecular flexibility index (Phi) is 8.20. The van der Waals surface area contributed by atoms with Crippen LogP contribution in [0.5, 0.6) is 5.75 Å². The maximum absolute atomic E-state index is 12.2. The van der Waals surface area contributed by atoms with Crippen LogP contribution in [0.15, 0.2) is 48.8 Å². The Morgan fingerprint density at radius 2 is 1.82 bits per heavy atom. The molecule has 1 heterocycles. The molecule has 0 spiro atoms. The Labute approximate surface area is 168 Å². The summed E-state index contributed by atoms with van der Waals surface area (Å²) in [4.78, 5) is 18.5. The minimum atomic E-state index is -0.183. The third-order valence-electron chi connectivity index (χ3n) is 4.52. The summed E-state index contributed by atoms with van der Waals surface area (Å²) in [5.41, 5.74) is 2.69. The molecule has 1 amide bonds. The molecule has 28 heavy (non-hydrogen) atoms. The molecule has 0 aliphatic heterocycles. The summed E-state index contributed by atoms with van der Waals surface area (Å²) >= 11 is 0. The van der Waals surface area contributed by atoms with E-state index < -0.39 is 0 Å². The zero-order chi connectivity index (χ0) is 20.5. The van der Waals surface area contributed by atoms with E-state index in [2.05, 4.69) is 42.9 Å². The molecular formula is C23H31N3O2. The van der Waals surface area contributed by atoms with Crippen molar-refractivity contribution >= 4 is 17.7 Å². The molecule has 2 aromatic rings. The van der Waals surface area contributed by atoms with Gasteiger partial charge in [-0.1, -0.05) is 6.07 Å². The number of anilines is 1. The number of benzene rings is 1. The Bertz CT molecular complexity index is 778. The average molecular weight is 382 g/mol. The number of nitrogens with one attached hydrogen (secondary N) is 1. The number of hydrogen-bond acceptors (Lipinski definition) is 4. The molecule has 1 aromatic carbocycles. The first-order valence-corrected chi connectivity index (χ1v) is 9.75. The van der Waals surface area contributed by atoms with Crippen LogP contribution >= 0.6 is 0 Å². The highest BCUT2D eigenvalue weighted by Crippen LogP contribution is 2.23. The highest BCUT2D eigenvalue weighted by molar-refractivity contribution is 6.02. The van der Waals surface area contributed by atoms with Crippen LogP contribution < -0.4 is 10.1 Å². The fourth-order valence-corrected chi connectivity index (χ4v) is 3.04. The lowest BCUT2D eigenvalue weighted by Crippen LogP contribution is -2.39. The van der Waals surface area contributed by atoms with E-state index in [1.807, 2.05) is 37.3 Å². The number of hydrogen-bond donors (Lipinski definition) is 1. The van der Waals surface area contributed by atoms with Gasteiger partial charge in [0.2, 0.25) is 5.91 Å². The van der Waals surface area contributed by atoms with E-state index in [-0.39, 0.29) is 5.91 Å². The number of aryl methyl sites for hydroxylation is 1. The molecule has 0 bridgehead atoms. The summed E-state index contributed by atoms with van der Waals surface area (Å²) < 4.78 is 6.00. The van der Waals surface area contributed by atoms with Gasteiger partial charge in [0.05, 0.1) is 0 Å². The van der Waals surface area contributed by atoms with Gasteiger partial charge in [-0.05, 0) is 70.0 Å². The predicted molar refractivity (Wildman–Crippen MR) is 116 cm³/mol. The summed E-state index contributed by atoms with van der Waals surface area (Å²) in [6.45, 7) is 12.3. The van der Waals surface area contributed by atoms with Crippen molar-refractivity contribution < 1.29 is 9.53 Å². The monoisotopic (exact) mass is 381 g/mol. The maximum atomic E-state index is 12.2. The van der Waals surface area contributed by atoms with Gasteiger partial charge >= 0.3 is 0 Å². The molecule has 5 heteroatoms. The van der Waals surface area contributed by atoms with Crippen LogP contribution in [0.4, 0.5) is 5.69 Å². The number of pyridine rings is 1. The van der Waals surface area contributed by atoms with Crippen molar-refractivity contribution in [2.75, 3.05) is 18.5 Å². The lowest BCUT2D eigenvalue weighted by molar-refractivity contribution is -0.111. The molecule has 0 radical (unpaired) electrons. The van der Waals surface area contributed by atoms with Crippen LogP contribution in [0.3, 0.4) is 0 Å². The summed E-state index contributed by atoms with van der Waals surface area (Å²) in [5, 5.41) is 2.88. The summed E-state index contributed by atoms with van der Waals surface area (Å²) in [5.74, 6) is 0.612. The Morgan fingerprint density at radius 3 is 2.46 bits per heavy atom. The van der Waals surface area contributed by atoms with Crippen LogP contribution in [-0.4, -0.2) is 41.0 Å². The highest BCUT2D eigenvalue weighted by atomic mass is 16.5. The molecule has 1 N–H and O–H groups in total. The highest BCUT2D eigenvalue weighted by Gasteiger charge is 2.13. The molecule has 0 aliphatic rings. The fourth-order valence-electron chi connectivity index (χ4n) is 3.04. The van der Waals surface area contributed by atoms with Gasteiger partial charge in [-0.25, -0.2) is 0 Å². The van der Waals surface area contributed by atoms with E-state index in [0.717, 1.165) is 29.1 Å². The molecule has 0 saturated heterocycles. The van der Waals surface area contributed by atoms with Gasteiger partial charge in [-0.3, -0.25) is 14.7 Å². The van der Waals surface area contributed by atoms with Crippen LogP contribution in [0.2, 0.25) is 0 Å². The molecule has 0 unspecified atom stereocenters. The first-order valence-electron chi connectivity index (χ1n) is 9.75. The Balaban J connectivity index is 1.95. The van der Waals surface area contributed by atoms with Crippen molar-refractivity contribution in [3.05, 3.63) is 59.9 Å². The van der Waals surface area contributed by atoms with E-state index in [0.29, 0.717) is 18.7 Å². The van der Waals surface area contributed by atoms with Crippen LogP contribution in [-0.2, 0) is 4.79 Å². The van der Waals surface area contributed by atoms with E-state index >= 15 is 0 Å². The van der Waals surface area contributed by atoms with Crippen molar-refractivity contribution in [1.29, 1.82) is 0 Å². The van der Waals surface area contributed by atoms with Crippen LogP contribution in [0.25, 0.3) is 6.08 Å². The molecule has 150 valence electrons. The summed E-state index contributed by atoms with van der Waals surface area (Å²) in [6.07, 6.45) is 6.66. The van der Waals surface area contributed by atoms with E-state index in [1.54, 1.807) is 18.5 Å². The summed E-state index contributed by atoms with van der Waals surface area (Å²) in [7, 11) is 0. The Hall–Kier alpha value is -2.66. The van der Waals surface area contributed by atoms with Gasteiger partial charge < -0.3 is 10.1 Å².